The van der Waals surface area contributed by atoms with Gasteiger partial charge in [0, 0.05) is 6.26 Å². The molecule has 0 aliphatic heterocycles. The second kappa shape index (κ2) is 6.11. The van der Waals surface area contributed by atoms with Crippen molar-refractivity contribution in [2.45, 2.75) is 25.2 Å². The Morgan fingerprint density at radius 3 is 2.20 bits per heavy atom. The third-order valence-electron chi connectivity index (χ3n) is 2.91. The van der Waals surface area contributed by atoms with E-state index in [-0.39, 0.29) is 17.3 Å². The van der Waals surface area contributed by atoms with Gasteiger partial charge in [-0.25, -0.2) is 22.0 Å². The quantitative estimate of drug-likeness (QED) is 0.779. The molecule has 0 atom stereocenters. The van der Waals surface area contributed by atoms with Crippen molar-refractivity contribution in [2.24, 2.45) is 5.14 Å². The lowest BCUT2D eigenvalue weighted by atomic mass is 10.1. The van der Waals surface area contributed by atoms with Gasteiger partial charge in [-0.1, -0.05) is 0 Å². The number of sulfone groups is 1. The van der Waals surface area contributed by atoms with Crippen LogP contribution in [-0.4, -0.2) is 35.5 Å². The average Bonchev–Trinajstić information content (AvgIpc) is 2.26. The molecule has 0 aromatic heterocycles. The Labute approximate surface area is 119 Å². The van der Waals surface area contributed by atoms with E-state index in [9.17, 15) is 16.8 Å². The highest BCUT2D eigenvalue weighted by molar-refractivity contribution is 7.90. The van der Waals surface area contributed by atoms with Crippen molar-refractivity contribution in [3.8, 4) is 5.75 Å². The molecule has 0 saturated heterocycles. The molecule has 1 aromatic rings. The minimum Gasteiger partial charge on any atom is -0.493 e. The van der Waals surface area contributed by atoms with Crippen LogP contribution in [0.15, 0.2) is 17.0 Å². The average molecular weight is 321 g/mol. The summed E-state index contributed by atoms with van der Waals surface area (Å²) in [6.45, 7) is 3.64. The number of ether oxygens (including phenoxy) is 1. The van der Waals surface area contributed by atoms with Crippen molar-refractivity contribution in [3.05, 3.63) is 23.3 Å². The van der Waals surface area contributed by atoms with E-state index in [0.29, 0.717) is 23.3 Å². The Morgan fingerprint density at radius 1 is 1.10 bits per heavy atom. The first kappa shape index (κ1) is 16.9. The number of sulfonamides is 1. The second-order valence-corrected chi connectivity index (χ2v) is 8.48. The number of hydrogen-bond acceptors (Lipinski definition) is 5. The summed E-state index contributed by atoms with van der Waals surface area (Å²) in [4.78, 5) is 0.0680. The van der Waals surface area contributed by atoms with Crippen molar-refractivity contribution in [2.75, 3.05) is 18.6 Å². The summed E-state index contributed by atoms with van der Waals surface area (Å²) in [7, 11) is -6.75. The maximum atomic E-state index is 11.4. The Balaban J connectivity index is 2.82. The van der Waals surface area contributed by atoms with E-state index in [1.807, 2.05) is 0 Å². The maximum Gasteiger partial charge on any atom is 0.238 e. The normalized spacial score (nSPS) is 12.4. The van der Waals surface area contributed by atoms with Crippen molar-refractivity contribution in [1.29, 1.82) is 0 Å². The van der Waals surface area contributed by atoms with E-state index in [2.05, 4.69) is 0 Å². The molecule has 0 radical (unpaired) electrons. The molecule has 0 bridgehead atoms. The number of hydrogen-bond donors (Lipinski definition) is 1. The van der Waals surface area contributed by atoms with Crippen molar-refractivity contribution in [1.82, 2.24) is 0 Å². The fraction of sp³-hybridized carbons (Fsp3) is 0.500. The van der Waals surface area contributed by atoms with Crippen LogP contribution in [0.5, 0.6) is 5.75 Å². The van der Waals surface area contributed by atoms with Crippen LogP contribution in [0.3, 0.4) is 0 Å². The molecule has 0 fully saturated rings. The van der Waals surface area contributed by atoms with E-state index in [0.717, 1.165) is 0 Å². The molecule has 0 heterocycles. The first-order valence-electron chi connectivity index (χ1n) is 5.96. The molecule has 0 saturated carbocycles. The zero-order chi connectivity index (χ0) is 15.6. The van der Waals surface area contributed by atoms with Crippen molar-refractivity contribution >= 4 is 19.9 Å². The molecule has 0 aliphatic rings. The van der Waals surface area contributed by atoms with Gasteiger partial charge in [-0.2, -0.15) is 0 Å². The molecule has 2 N–H and O–H groups in total. The molecule has 20 heavy (non-hydrogen) atoms. The fourth-order valence-electron chi connectivity index (χ4n) is 1.74. The summed E-state index contributed by atoms with van der Waals surface area (Å²) in [6, 6.07) is 2.92. The van der Waals surface area contributed by atoms with Gasteiger partial charge in [0.1, 0.15) is 15.6 Å². The Kier molecular flexibility index (Phi) is 5.17. The summed E-state index contributed by atoms with van der Waals surface area (Å²) in [5.74, 6) is 0.587. The summed E-state index contributed by atoms with van der Waals surface area (Å²) in [6.07, 6.45) is 1.55. The molecule has 0 unspecified atom stereocenters. The molecule has 0 aliphatic carbocycles. The number of benzene rings is 1. The highest BCUT2D eigenvalue weighted by Crippen LogP contribution is 2.26. The van der Waals surface area contributed by atoms with Gasteiger partial charge >= 0.3 is 0 Å². The third-order valence-corrected chi connectivity index (χ3v) is 5.00. The maximum absolute atomic E-state index is 11.4. The smallest absolute Gasteiger partial charge is 0.238 e. The predicted octanol–water partition coefficient (Wildman–Crippen LogP) is 0.764. The van der Waals surface area contributed by atoms with Crippen LogP contribution in [0.1, 0.15) is 17.5 Å². The minimum absolute atomic E-state index is 0.0558. The summed E-state index contributed by atoms with van der Waals surface area (Å²) in [5, 5.41) is 5.11. The fourth-order valence-corrected chi connectivity index (χ4v) is 3.22. The van der Waals surface area contributed by atoms with Crippen LogP contribution >= 0.6 is 0 Å². The number of rotatable bonds is 6. The molecule has 0 amide bonds. The molecular formula is C12H19NO5S2. The van der Waals surface area contributed by atoms with Crippen molar-refractivity contribution in [3.63, 3.8) is 0 Å². The highest BCUT2D eigenvalue weighted by atomic mass is 32.2. The number of primary sulfonamides is 1. The largest absolute Gasteiger partial charge is 0.493 e. The first-order chi connectivity index (χ1) is 9.02. The zero-order valence-electron chi connectivity index (χ0n) is 11.7. The van der Waals surface area contributed by atoms with Gasteiger partial charge in [-0.3, -0.25) is 0 Å². The molecule has 1 aromatic carbocycles. The van der Waals surface area contributed by atoms with Crippen LogP contribution in [0.2, 0.25) is 0 Å². The molecule has 6 nitrogen and oxygen atoms in total. The van der Waals surface area contributed by atoms with Crippen LogP contribution in [0, 0.1) is 13.8 Å². The highest BCUT2D eigenvalue weighted by Gasteiger charge is 2.15. The molecule has 1 rings (SSSR count). The lowest BCUT2D eigenvalue weighted by Crippen LogP contribution is -2.14. The van der Waals surface area contributed by atoms with Crippen LogP contribution < -0.4 is 9.88 Å². The Bertz CT molecular complexity index is 693. The minimum atomic E-state index is -3.75. The predicted molar refractivity (Wildman–Crippen MR) is 77.1 cm³/mol. The molecule has 114 valence electrons. The first-order valence-corrected chi connectivity index (χ1v) is 9.56. The Hall–Kier alpha value is -1.12. The summed E-state index contributed by atoms with van der Waals surface area (Å²) in [5.41, 5.74) is 1.21. The summed E-state index contributed by atoms with van der Waals surface area (Å²) >= 11 is 0. The molecule has 0 spiro atoms. The van der Waals surface area contributed by atoms with Gasteiger partial charge in [0.15, 0.2) is 0 Å². The van der Waals surface area contributed by atoms with E-state index in [1.54, 1.807) is 13.8 Å². The zero-order valence-corrected chi connectivity index (χ0v) is 13.3. The third kappa shape index (κ3) is 4.77. The van der Waals surface area contributed by atoms with Gasteiger partial charge < -0.3 is 4.74 Å². The topological polar surface area (TPSA) is 104 Å². The number of nitrogens with two attached hydrogens (primary N) is 1. The van der Waals surface area contributed by atoms with E-state index in [4.69, 9.17) is 9.88 Å². The van der Waals surface area contributed by atoms with Crippen LogP contribution in [0.25, 0.3) is 0 Å². The standard InChI is InChI=1S/C12H19NO5S2/c1-9-10(2)12(20(13,16)17)6-5-11(9)18-7-4-8-19(3,14)15/h5-6H,4,7-8H2,1-3H3,(H2,13,16,17). The van der Waals surface area contributed by atoms with Gasteiger partial charge in [0.25, 0.3) is 0 Å². The van der Waals surface area contributed by atoms with Gasteiger partial charge in [0.2, 0.25) is 10.0 Å². The van der Waals surface area contributed by atoms with Gasteiger partial charge in [-0.05, 0) is 43.5 Å². The van der Waals surface area contributed by atoms with Crippen molar-refractivity contribution < 1.29 is 21.6 Å². The Morgan fingerprint density at radius 2 is 1.70 bits per heavy atom. The van der Waals surface area contributed by atoms with E-state index >= 15 is 0 Å². The summed E-state index contributed by atoms with van der Waals surface area (Å²) < 4.78 is 50.2. The monoisotopic (exact) mass is 321 g/mol. The SMILES string of the molecule is Cc1c(OCCCS(C)(=O)=O)ccc(S(N)(=O)=O)c1C. The lowest BCUT2D eigenvalue weighted by Gasteiger charge is -2.13. The van der Waals surface area contributed by atoms with Crippen LogP contribution in [0.4, 0.5) is 0 Å². The molecule has 8 heteroatoms. The van der Waals surface area contributed by atoms with Gasteiger partial charge in [0.05, 0.1) is 17.3 Å². The lowest BCUT2D eigenvalue weighted by molar-refractivity contribution is 0.315. The van der Waals surface area contributed by atoms with E-state index in [1.165, 1.54) is 18.4 Å². The molecular weight excluding hydrogens is 302 g/mol. The van der Waals surface area contributed by atoms with Crippen LogP contribution in [-0.2, 0) is 19.9 Å². The van der Waals surface area contributed by atoms with E-state index < -0.39 is 19.9 Å². The second-order valence-electron chi connectivity index (χ2n) is 4.69. The van der Waals surface area contributed by atoms with Gasteiger partial charge in [-0.15, -0.1) is 0 Å².